The molecule has 0 N–H and O–H groups in total. The van der Waals surface area contributed by atoms with Gasteiger partial charge in [0.25, 0.3) is 0 Å². The molecule has 1 unspecified atom stereocenters. The Labute approximate surface area is 134 Å². The molecule has 0 aliphatic carbocycles. The second kappa shape index (κ2) is 7.67. The summed E-state index contributed by atoms with van der Waals surface area (Å²) < 4.78 is 18.3. The van der Waals surface area contributed by atoms with Gasteiger partial charge in [0.2, 0.25) is 0 Å². The number of methoxy groups -OCH3 is 1. The number of rotatable bonds is 6. The molecule has 0 fully saturated rings. The van der Waals surface area contributed by atoms with E-state index in [1.54, 1.807) is 13.2 Å². The molecule has 0 saturated heterocycles. The van der Waals surface area contributed by atoms with E-state index >= 15 is 0 Å². The Morgan fingerprint density at radius 3 is 2.62 bits per heavy atom. The summed E-state index contributed by atoms with van der Waals surface area (Å²) in [4.78, 5) is 0. The molecule has 4 heteroatoms. The fourth-order valence-corrected chi connectivity index (χ4v) is 2.77. The van der Waals surface area contributed by atoms with E-state index < -0.39 is 0 Å². The van der Waals surface area contributed by atoms with Crippen LogP contribution in [0.25, 0.3) is 0 Å². The summed E-state index contributed by atoms with van der Waals surface area (Å²) in [7, 11) is 1.65. The summed E-state index contributed by atoms with van der Waals surface area (Å²) in [6, 6.07) is 12.4. The first-order valence-corrected chi connectivity index (χ1v) is 7.66. The van der Waals surface area contributed by atoms with Crippen molar-refractivity contribution in [1.82, 2.24) is 0 Å². The van der Waals surface area contributed by atoms with Crippen LogP contribution in [-0.4, -0.2) is 13.0 Å². The predicted molar refractivity (Wildman–Crippen MR) is 86.0 cm³/mol. The molecule has 21 heavy (non-hydrogen) atoms. The predicted octanol–water partition coefficient (Wildman–Crippen LogP) is 5.13. The van der Waals surface area contributed by atoms with E-state index in [1.165, 1.54) is 17.7 Å². The van der Waals surface area contributed by atoms with E-state index in [0.717, 1.165) is 24.2 Å². The van der Waals surface area contributed by atoms with Crippen molar-refractivity contribution in [1.29, 1.82) is 0 Å². The Hall–Kier alpha value is -1.25. The second-order valence-electron chi connectivity index (χ2n) is 5.02. The normalized spacial score (nSPS) is 12.2. The van der Waals surface area contributed by atoms with Crippen molar-refractivity contribution in [2.45, 2.75) is 12.8 Å². The molecule has 0 amide bonds. The van der Waals surface area contributed by atoms with E-state index in [0.29, 0.717) is 10.9 Å². The summed E-state index contributed by atoms with van der Waals surface area (Å²) in [6.45, 7) is 0. The first kappa shape index (κ1) is 16.1. The van der Waals surface area contributed by atoms with Crippen LogP contribution >= 0.6 is 23.2 Å². The van der Waals surface area contributed by atoms with Gasteiger partial charge in [-0.2, -0.15) is 0 Å². The zero-order chi connectivity index (χ0) is 15.2. The van der Waals surface area contributed by atoms with Crippen molar-refractivity contribution in [3.8, 4) is 5.75 Å². The molecule has 2 aromatic rings. The average Bonchev–Trinajstić information content (AvgIpc) is 2.49. The maximum Gasteiger partial charge on any atom is 0.124 e. The van der Waals surface area contributed by atoms with Gasteiger partial charge in [-0.3, -0.25) is 0 Å². The van der Waals surface area contributed by atoms with E-state index in [4.69, 9.17) is 27.9 Å². The lowest BCUT2D eigenvalue weighted by molar-refractivity contribution is 0.414. The topological polar surface area (TPSA) is 9.23 Å². The maximum atomic E-state index is 13.1. The summed E-state index contributed by atoms with van der Waals surface area (Å²) in [5.41, 5.74) is 2.09. The van der Waals surface area contributed by atoms with Crippen LogP contribution in [0.5, 0.6) is 5.75 Å². The highest BCUT2D eigenvalue weighted by molar-refractivity contribution is 6.31. The van der Waals surface area contributed by atoms with Crippen molar-refractivity contribution in [2.24, 2.45) is 5.92 Å². The number of halogens is 3. The van der Waals surface area contributed by atoms with Gasteiger partial charge in [-0.25, -0.2) is 4.39 Å². The molecule has 0 aromatic heterocycles. The largest absolute Gasteiger partial charge is 0.497 e. The second-order valence-corrected chi connectivity index (χ2v) is 5.73. The summed E-state index contributed by atoms with van der Waals surface area (Å²) in [5, 5.41) is 0.454. The summed E-state index contributed by atoms with van der Waals surface area (Å²) in [6.07, 6.45) is 1.55. The van der Waals surface area contributed by atoms with Crippen LogP contribution in [0.3, 0.4) is 0 Å². The number of alkyl halides is 1. The molecule has 2 rings (SSSR count). The van der Waals surface area contributed by atoms with Crippen molar-refractivity contribution in [3.63, 3.8) is 0 Å². The number of hydrogen-bond donors (Lipinski definition) is 0. The number of benzene rings is 2. The van der Waals surface area contributed by atoms with Crippen LogP contribution < -0.4 is 4.74 Å². The van der Waals surface area contributed by atoms with Gasteiger partial charge >= 0.3 is 0 Å². The van der Waals surface area contributed by atoms with E-state index in [9.17, 15) is 4.39 Å². The Kier molecular flexibility index (Phi) is 5.89. The van der Waals surface area contributed by atoms with Crippen molar-refractivity contribution >= 4 is 23.2 Å². The van der Waals surface area contributed by atoms with Crippen LogP contribution in [0.15, 0.2) is 42.5 Å². The van der Waals surface area contributed by atoms with Crippen LogP contribution in [0.1, 0.15) is 11.1 Å². The Balaban J connectivity index is 2.09. The van der Waals surface area contributed by atoms with E-state index in [-0.39, 0.29) is 11.7 Å². The summed E-state index contributed by atoms with van der Waals surface area (Å²) in [5.74, 6) is 1.27. The fourth-order valence-electron chi connectivity index (χ4n) is 2.31. The molecule has 0 radical (unpaired) electrons. The van der Waals surface area contributed by atoms with Crippen LogP contribution in [0.4, 0.5) is 4.39 Å². The lowest BCUT2D eigenvalue weighted by atomic mass is 9.94. The zero-order valence-electron chi connectivity index (χ0n) is 11.8. The minimum Gasteiger partial charge on any atom is -0.497 e. The minimum atomic E-state index is -0.320. The zero-order valence-corrected chi connectivity index (χ0v) is 13.3. The molecule has 0 saturated carbocycles. The molecule has 0 spiro atoms. The van der Waals surface area contributed by atoms with Gasteiger partial charge in [0.1, 0.15) is 11.6 Å². The lowest BCUT2D eigenvalue weighted by Gasteiger charge is -2.15. The molecule has 0 heterocycles. The van der Waals surface area contributed by atoms with E-state index in [1.807, 2.05) is 24.3 Å². The fraction of sp³-hybridized carbons (Fsp3) is 0.294. The first-order chi connectivity index (χ1) is 10.1. The Morgan fingerprint density at radius 2 is 1.95 bits per heavy atom. The molecular weight excluding hydrogens is 310 g/mol. The SMILES string of the molecule is COc1cccc(CC(CCl)Cc2ccc(F)cc2Cl)c1. The number of ether oxygens (including phenoxy) is 1. The highest BCUT2D eigenvalue weighted by atomic mass is 35.5. The van der Waals surface area contributed by atoms with Gasteiger partial charge in [-0.15, -0.1) is 11.6 Å². The third-order valence-corrected chi connectivity index (χ3v) is 4.19. The molecule has 2 aromatic carbocycles. The Morgan fingerprint density at radius 1 is 1.14 bits per heavy atom. The van der Waals surface area contributed by atoms with Gasteiger partial charge in [0.15, 0.2) is 0 Å². The molecule has 1 nitrogen and oxygen atoms in total. The van der Waals surface area contributed by atoms with Crippen molar-refractivity contribution < 1.29 is 9.13 Å². The molecular formula is C17H17Cl2FO. The smallest absolute Gasteiger partial charge is 0.124 e. The van der Waals surface area contributed by atoms with Gasteiger partial charge in [0, 0.05) is 10.9 Å². The highest BCUT2D eigenvalue weighted by Gasteiger charge is 2.13. The average molecular weight is 327 g/mol. The number of hydrogen-bond acceptors (Lipinski definition) is 1. The van der Waals surface area contributed by atoms with E-state index in [2.05, 4.69) is 0 Å². The first-order valence-electron chi connectivity index (χ1n) is 6.75. The van der Waals surface area contributed by atoms with Gasteiger partial charge in [-0.05, 0) is 54.2 Å². The monoisotopic (exact) mass is 326 g/mol. The standard InChI is InChI=1S/C17H17Cl2FO/c1-21-16-4-2-3-12(9-16)7-13(11-18)8-14-5-6-15(20)10-17(14)19/h2-6,9-10,13H,7-8,11H2,1H3. The summed E-state index contributed by atoms with van der Waals surface area (Å²) >= 11 is 12.2. The quantitative estimate of drug-likeness (QED) is 0.669. The van der Waals surface area contributed by atoms with Crippen LogP contribution in [0, 0.1) is 11.7 Å². The lowest BCUT2D eigenvalue weighted by Crippen LogP contribution is -2.10. The molecule has 0 aliphatic rings. The van der Waals surface area contributed by atoms with Crippen LogP contribution in [0.2, 0.25) is 5.02 Å². The highest BCUT2D eigenvalue weighted by Crippen LogP contribution is 2.24. The van der Waals surface area contributed by atoms with Gasteiger partial charge in [-0.1, -0.05) is 29.8 Å². The van der Waals surface area contributed by atoms with Gasteiger partial charge < -0.3 is 4.74 Å². The third-order valence-electron chi connectivity index (χ3n) is 3.40. The molecule has 1 atom stereocenters. The molecule has 0 aliphatic heterocycles. The molecule has 112 valence electrons. The van der Waals surface area contributed by atoms with Gasteiger partial charge in [0.05, 0.1) is 7.11 Å². The Bertz CT molecular complexity index is 601. The third kappa shape index (κ3) is 4.62. The van der Waals surface area contributed by atoms with Crippen LogP contribution in [-0.2, 0) is 12.8 Å². The minimum absolute atomic E-state index is 0.238. The van der Waals surface area contributed by atoms with Crippen molar-refractivity contribution in [3.05, 3.63) is 64.4 Å². The maximum absolute atomic E-state index is 13.1. The molecule has 0 bridgehead atoms. The van der Waals surface area contributed by atoms with Crippen molar-refractivity contribution in [2.75, 3.05) is 13.0 Å².